The number of cyclic esters (lactones) is 1. The van der Waals surface area contributed by atoms with Crippen LogP contribution in [-0.2, 0) is 19.1 Å². The number of aliphatic hydroxyl groups is 1. The SMILES string of the molecule is O=C1C[C@](O)(C(=O)O)[C@@H](C(=O)O)O1. The van der Waals surface area contributed by atoms with Gasteiger partial charge in [0.15, 0.2) is 0 Å². The molecule has 0 saturated carbocycles. The second-order valence-electron chi connectivity index (χ2n) is 2.61. The molecular formula is C6H6O7. The predicted molar refractivity (Wildman–Crippen MR) is 34.7 cm³/mol. The molecule has 1 aliphatic heterocycles. The second-order valence-corrected chi connectivity index (χ2v) is 2.61. The van der Waals surface area contributed by atoms with Gasteiger partial charge in [0.05, 0.1) is 6.42 Å². The maximum absolute atomic E-state index is 10.6. The monoisotopic (exact) mass is 190 g/mol. The van der Waals surface area contributed by atoms with Crippen LogP contribution in [0.3, 0.4) is 0 Å². The van der Waals surface area contributed by atoms with Crippen LogP contribution in [-0.4, -0.2) is 44.9 Å². The predicted octanol–water partition coefficient (Wildman–Crippen LogP) is -1.80. The molecule has 1 heterocycles. The van der Waals surface area contributed by atoms with Crippen molar-refractivity contribution in [3.63, 3.8) is 0 Å². The molecule has 2 atom stereocenters. The Kier molecular flexibility index (Phi) is 1.96. The minimum Gasteiger partial charge on any atom is -0.479 e. The molecule has 0 aromatic carbocycles. The van der Waals surface area contributed by atoms with E-state index in [1.54, 1.807) is 0 Å². The molecule has 0 unspecified atom stereocenters. The molecule has 0 aliphatic carbocycles. The molecule has 0 spiro atoms. The molecule has 0 amide bonds. The van der Waals surface area contributed by atoms with Crippen LogP contribution < -0.4 is 0 Å². The smallest absolute Gasteiger partial charge is 0.348 e. The standard InChI is InChI=1S/C6H6O7/c7-2-1-6(12,5(10)11)3(13-2)4(8)9/h3,12H,1H2,(H,8,9)(H,10,11)/t3-,6-/m1/s1. The van der Waals surface area contributed by atoms with Crippen LogP contribution in [0.4, 0.5) is 0 Å². The van der Waals surface area contributed by atoms with E-state index in [0.717, 1.165) is 0 Å². The molecule has 0 aromatic heterocycles. The Morgan fingerprint density at radius 1 is 1.46 bits per heavy atom. The highest BCUT2D eigenvalue weighted by atomic mass is 16.6. The van der Waals surface area contributed by atoms with Gasteiger partial charge >= 0.3 is 17.9 Å². The fourth-order valence-electron chi connectivity index (χ4n) is 1.03. The molecule has 0 radical (unpaired) electrons. The van der Waals surface area contributed by atoms with Crippen LogP contribution >= 0.6 is 0 Å². The summed E-state index contributed by atoms with van der Waals surface area (Å²) in [6.07, 6.45) is -2.88. The van der Waals surface area contributed by atoms with E-state index in [0.29, 0.717) is 0 Å². The summed E-state index contributed by atoms with van der Waals surface area (Å²) in [4.78, 5) is 31.4. The summed E-state index contributed by atoms with van der Waals surface area (Å²) in [7, 11) is 0. The van der Waals surface area contributed by atoms with Crippen molar-refractivity contribution in [1.82, 2.24) is 0 Å². The van der Waals surface area contributed by atoms with Gasteiger partial charge in [-0.2, -0.15) is 0 Å². The molecule has 3 N–H and O–H groups in total. The normalized spacial score (nSPS) is 32.7. The fraction of sp³-hybridized carbons (Fsp3) is 0.500. The summed E-state index contributed by atoms with van der Waals surface area (Å²) in [5, 5.41) is 26.1. The van der Waals surface area contributed by atoms with Crippen molar-refractivity contribution in [2.45, 2.75) is 18.1 Å². The Morgan fingerprint density at radius 2 is 2.00 bits per heavy atom. The summed E-state index contributed by atoms with van der Waals surface area (Å²) in [5.41, 5.74) is -2.65. The van der Waals surface area contributed by atoms with Crippen molar-refractivity contribution in [3.05, 3.63) is 0 Å². The Bertz CT molecular complexity index is 283. The topological polar surface area (TPSA) is 121 Å². The first kappa shape index (κ1) is 9.46. The summed E-state index contributed by atoms with van der Waals surface area (Å²) >= 11 is 0. The Morgan fingerprint density at radius 3 is 2.31 bits per heavy atom. The maximum atomic E-state index is 10.6. The zero-order valence-corrected chi connectivity index (χ0v) is 6.26. The number of hydrogen-bond donors (Lipinski definition) is 3. The summed E-state index contributed by atoms with van der Waals surface area (Å²) in [5.74, 6) is -4.51. The Labute approximate surface area is 71.5 Å². The number of carbonyl (C=O) groups excluding carboxylic acids is 1. The number of carboxylic acid groups (broad SMARTS) is 2. The highest BCUT2D eigenvalue weighted by Crippen LogP contribution is 2.27. The van der Waals surface area contributed by atoms with Gasteiger partial charge in [-0.25, -0.2) is 9.59 Å². The van der Waals surface area contributed by atoms with Gasteiger partial charge in [0.25, 0.3) is 0 Å². The van der Waals surface area contributed by atoms with E-state index in [2.05, 4.69) is 4.74 Å². The maximum Gasteiger partial charge on any atom is 0.348 e. The lowest BCUT2D eigenvalue weighted by atomic mass is 9.96. The Hall–Kier alpha value is -1.63. The van der Waals surface area contributed by atoms with E-state index in [1.807, 2.05) is 0 Å². The van der Waals surface area contributed by atoms with Crippen LogP contribution in [0.15, 0.2) is 0 Å². The first-order valence-corrected chi connectivity index (χ1v) is 3.26. The molecule has 1 fully saturated rings. The van der Waals surface area contributed by atoms with E-state index in [-0.39, 0.29) is 0 Å². The minimum absolute atomic E-state index is 0.848. The molecule has 0 aromatic rings. The molecule has 1 saturated heterocycles. The molecule has 72 valence electrons. The zero-order chi connectivity index (χ0) is 10.2. The molecule has 7 nitrogen and oxygen atoms in total. The van der Waals surface area contributed by atoms with Gasteiger partial charge < -0.3 is 20.1 Å². The van der Waals surface area contributed by atoms with Gasteiger partial charge in [0.2, 0.25) is 11.7 Å². The van der Waals surface area contributed by atoms with Crippen molar-refractivity contribution >= 4 is 17.9 Å². The van der Waals surface area contributed by atoms with Crippen molar-refractivity contribution in [2.24, 2.45) is 0 Å². The number of hydrogen-bond acceptors (Lipinski definition) is 5. The van der Waals surface area contributed by atoms with Gasteiger partial charge in [-0.15, -0.1) is 0 Å². The average Bonchev–Trinajstić information content (AvgIpc) is 2.27. The van der Waals surface area contributed by atoms with Crippen molar-refractivity contribution in [2.75, 3.05) is 0 Å². The lowest BCUT2D eigenvalue weighted by molar-refractivity contribution is -0.176. The highest BCUT2D eigenvalue weighted by molar-refractivity contribution is 5.95. The molecule has 7 heteroatoms. The number of aliphatic carboxylic acids is 2. The number of carboxylic acids is 2. The van der Waals surface area contributed by atoms with Crippen LogP contribution in [0.1, 0.15) is 6.42 Å². The minimum atomic E-state index is -2.65. The van der Waals surface area contributed by atoms with E-state index >= 15 is 0 Å². The van der Waals surface area contributed by atoms with Crippen LogP contribution in [0.2, 0.25) is 0 Å². The molecular weight excluding hydrogens is 184 g/mol. The van der Waals surface area contributed by atoms with Gasteiger partial charge in [0.1, 0.15) is 0 Å². The molecule has 0 bridgehead atoms. The average molecular weight is 190 g/mol. The first-order valence-electron chi connectivity index (χ1n) is 3.26. The van der Waals surface area contributed by atoms with Crippen molar-refractivity contribution in [3.8, 4) is 0 Å². The van der Waals surface area contributed by atoms with Gasteiger partial charge in [-0.05, 0) is 0 Å². The highest BCUT2D eigenvalue weighted by Gasteiger charge is 2.58. The van der Waals surface area contributed by atoms with Gasteiger partial charge in [-0.3, -0.25) is 4.79 Å². The summed E-state index contributed by atoms with van der Waals surface area (Å²) in [6.45, 7) is 0. The van der Waals surface area contributed by atoms with E-state index in [1.165, 1.54) is 0 Å². The van der Waals surface area contributed by atoms with Crippen LogP contribution in [0.5, 0.6) is 0 Å². The number of carbonyl (C=O) groups is 3. The quantitative estimate of drug-likeness (QED) is 0.439. The summed E-state index contributed by atoms with van der Waals surface area (Å²) in [6, 6.07) is 0. The van der Waals surface area contributed by atoms with Crippen molar-refractivity contribution in [1.29, 1.82) is 0 Å². The van der Waals surface area contributed by atoms with E-state index in [9.17, 15) is 19.5 Å². The largest absolute Gasteiger partial charge is 0.479 e. The van der Waals surface area contributed by atoms with E-state index < -0.39 is 36.0 Å². The Balaban J connectivity index is 3.01. The third-order valence-corrected chi connectivity index (χ3v) is 1.69. The van der Waals surface area contributed by atoms with Crippen LogP contribution in [0.25, 0.3) is 0 Å². The third-order valence-electron chi connectivity index (χ3n) is 1.69. The molecule has 13 heavy (non-hydrogen) atoms. The summed E-state index contributed by atoms with van der Waals surface area (Å²) < 4.78 is 4.13. The lowest BCUT2D eigenvalue weighted by Gasteiger charge is -2.18. The van der Waals surface area contributed by atoms with Gasteiger partial charge in [-0.1, -0.05) is 0 Å². The van der Waals surface area contributed by atoms with Gasteiger partial charge in [0, 0.05) is 0 Å². The number of ether oxygens (including phenoxy) is 1. The number of esters is 1. The molecule has 1 rings (SSSR count). The van der Waals surface area contributed by atoms with Crippen LogP contribution in [0, 0.1) is 0 Å². The lowest BCUT2D eigenvalue weighted by Crippen LogP contribution is -2.49. The number of rotatable bonds is 2. The third kappa shape index (κ3) is 1.33. The molecule has 1 aliphatic rings. The first-order chi connectivity index (χ1) is 5.88. The van der Waals surface area contributed by atoms with Crippen molar-refractivity contribution < 1.29 is 34.4 Å². The second kappa shape index (κ2) is 2.70. The zero-order valence-electron chi connectivity index (χ0n) is 6.26. The fourth-order valence-corrected chi connectivity index (χ4v) is 1.03. The van der Waals surface area contributed by atoms with E-state index in [4.69, 9.17) is 10.2 Å².